The van der Waals surface area contributed by atoms with Gasteiger partial charge in [-0.1, -0.05) is 60.7 Å². The van der Waals surface area contributed by atoms with Gasteiger partial charge in [-0.3, -0.25) is 0 Å². The molecule has 1 saturated heterocycles. The highest BCUT2D eigenvalue weighted by molar-refractivity contribution is 5.85. The summed E-state index contributed by atoms with van der Waals surface area (Å²) in [7, 11) is 3.69. The van der Waals surface area contributed by atoms with Crippen LogP contribution in [0.5, 0.6) is 0 Å². The number of nitrogens with zero attached hydrogens (tertiary/aromatic N) is 1. The summed E-state index contributed by atoms with van der Waals surface area (Å²) in [6.45, 7) is 2.54. The number of rotatable bonds is 6. The molecular weight excluding hydrogens is 326 g/mol. The van der Waals surface area contributed by atoms with Gasteiger partial charge < -0.3 is 14.4 Å². The molecule has 0 amide bonds. The number of hydrogen-bond acceptors (Lipinski definition) is 4. The van der Waals surface area contributed by atoms with Gasteiger partial charge in [-0.05, 0) is 50.0 Å². The Bertz CT molecular complexity index is 654. The van der Waals surface area contributed by atoms with Crippen LogP contribution in [0.25, 0.3) is 0 Å². The van der Waals surface area contributed by atoms with E-state index in [-0.39, 0.29) is 5.97 Å². The standard InChI is InChI=1S/C22H27NO3/c1-23-15-13-18(14-16-23)17-26-21(24)22(25-2,19-9-5-3-6-10-19)20-11-7-4-8-12-20/h3-12,18H,13-17H2,1-2H3. The third-order valence-corrected chi connectivity index (χ3v) is 5.24. The number of ether oxygens (including phenoxy) is 2. The smallest absolute Gasteiger partial charge is 0.347 e. The molecule has 0 aliphatic carbocycles. The highest BCUT2D eigenvalue weighted by Gasteiger charge is 2.44. The Hall–Kier alpha value is -2.17. The summed E-state index contributed by atoms with van der Waals surface area (Å²) in [6.07, 6.45) is 2.11. The number of methoxy groups -OCH3 is 1. The SMILES string of the molecule is COC(C(=O)OCC1CCN(C)CC1)(c1ccccc1)c1ccccc1. The number of carbonyl (C=O) groups excluding carboxylic acids is 1. The van der Waals surface area contributed by atoms with Gasteiger partial charge in [-0.25, -0.2) is 4.79 Å². The monoisotopic (exact) mass is 353 g/mol. The molecule has 0 N–H and O–H groups in total. The minimum Gasteiger partial charge on any atom is -0.463 e. The van der Waals surface area contributed by atoms with E-state index in [0.717, 1.165) is 37.1 Å². The van der Waals surface area contributed by atoms with Crippen LogP contribution in [0, 0.1) is 5.92 Å². The van der Waals surface area contributed by atoms with Crippen molar-refractivity contribution in [2.24, 2.45) is 5.92 Å². The fraction of sp³-hybridized carbons (Fsp3) is 0.409. The van der Waals surface area contributed by atoms with Gasteiger partial charge in [-0.2, -0.15) is 0 Å². The van der Waals surface area contributed by atoms with Crippen molar-refractivity contribution < 1.29 is 14.3 Å². The molecule has 138 valence electrons. The van der Waals surface area contributed by atoms with Crippen molar-refractivity contribution in [2.45, 2.75) is 18.4 Å². The Balaban J connectivity index is 1.84. The molecule has 2 aromatic carbocycles. The van der Waals surface area contributed by atoms with Gasteiger partial charge in [0.15, 0.2) is 0 Å². The van der Waals surface area contributed by atoms with Crippen LogP contribution in [0.2, 0.25) is 0 Å². The Kier molecular flexibility index (Phi) is 6.07. The maximum atomic E-state index is 13.2. The molecule has 4 nitrogen and oxygen atoms in total. The van der Waals surface area contributed by atoms with Crippen molar-refractivity contribution >= 4 is 5.97 Å². The fourth-order valence-electron chi connectivity index (χ4n) is 3.59. The van der Waals surface area contributed by atoms with E-state index < -0.39 is 5.60 Å². The van der Waals surface area contributed by atoms with Crippen molar-refractivity contribution in [1.29, 1.82) is 0 Å². The lowest BCUT2D eigenvalue weighted by atomic mass is 9.86. The third-order valence-electron chi connectivity index (χ3n) is 5.24. The largest absolute Gasteiger partial charge is 0.463 e. The second-order valence-electron chi connectivity index (χ2n) is 6.96. The second-order valence-corrected chi connectivity index (χ2v) is 6.96. The average Bonchev–Trinajstić information content (AvgIpc) is 2.70. The zero-order valence-electron chi connectivity index (χ0n) is 15.6. The van der Waals surface area contributed by atoms with Crippen LogP contribution in [0.4, 0.5) is 0 Å². The van der Waals surface area contributed by atoms with Gasteiger partial charge in [0.1, 0.15) is 0 Å². The van der Waals surface area contributed by atoms with Gasteiger partial charge >= 0.3 is 5.97 Å². The summed E-state index contributed by atoms with van der Waals surface area (Å²) >= 11 is 0. The van der Waals surface area contributed by atoms with E-state index in [1.807, 2.05) is 60.7 Å². The lowest BCUT2D eigenvalue weighted by Gasteiger charge is -2.33. The van der Waals surface area contributed by atoms with E-state index in [4.69, 9.17) is 9.47 Å². The summed E-state index contributed by atoms with van der Waals surface area (Å²) in [5.41, 5.74) is 0.317. The minimum absolute atomic E-state index is 0.351. The number of hydrogen-bond donors (Lipinski definition) is 0. The Morgan fingerprint density at radius 3 is 1.96 bits per heavy atom. The Labute approximate surface area is 155 Å². The number of esters is 1. The van der Waals surface area contributed by atoms with Gasteiger partial charge in [-0.15, -0.1) is 0 Å². The van der Waals surface area contributed by atoms with E-state index in [2.05, 4.69) is 11.9 Å². The zero-order valence-corrected chi connectivity index (χ0v) is 15.6. The highest BCUT2D eigenvalue weighted by Crippen LogP contribution is 2.35. The number of benzene rings is 2. The van der Waals surface area contributed by atoms with E-state index in [1.54, 1.807) is 7.11 Å². The summed E-state index contributed by atoms with van der Waals surface area (Å²) in [5.74, 6) is 0.0626. The van der Waals surface area contributed by atoms with Gasteiger partial charge in [0, 0.05) is 7.11 Å². The van der Waals surface area contributed by atoms with Gasteiger partial charge in [0.25, 0.3) is 0 Å². The van der Waals surface area contributed by atoms with Crippen molar-refractivity contribution in [3.8, 4) is 0 Å². The molecule has 1 aliphatic heterocycles. The Morgan fingerprint density at radius 2 is 1.50 bits per heavy atom. The summed E-state index contributed by atoms with van der Waals surface area (Å²) in [6, 6.07) is 19.2. The van der Waals surface area contributed by atoms with Crippen LogP contribution in [-0.4, -0.2) is 44.7 Å². The maximum absolute atomic E-state index is 13.2. The first-order chi connectivity index (χ1) is 12.7. The molecule has 3 rings (SSSR count). The molecule has 0 radical (unpaired) electrons. The number of carbonyl (C=O) groups is 1. The topological polar surface area (TPSA) is 38.8 Å². The number of piperidine rings is 1. The predicted octanol–water partition coefficient (Wildman–Crippen LogP) is 3.46. The van der Waals surface area contributed by atoms with Crippen LogP contribution < -0.4 is 0 Å². The van der Waals surface area contributed by atoms with Gasteiger partial charge in [0.05, 0.1) is 6.61 Å². The van der Waals surface area contributed by atoms with E-state index in [9.17, 15) is 4.79 Å². The second kappa shape index (κ2) is 8.47. The van der Waals surface area contributed by atoms with Crippen LogP contribution >= 0.6 is 0 Å². The average molecular weight is 353 g/mol. The molecule has 0 unspecified atom stereocenters. The van der Waals surface area contributed by atoms with Crippen molar-refractivity contribution in [1.82, 2.24) is 4.90 Å². The fourth-order valence-corrected chi connectivity index (χ4v) is 3.59. The Morgan fingerprint density at radius 1 is 1.00 bits per heavy atom. The first-order valence-corrected chi connectivity index (χ1v) is 9.19. The van der Waals surface area contributed by atoms with Crippen LogP contribution in [0.15, 0.2) is 60.7 Å². The van der Waals surface area contributed by atoms with E-state index in [0.29, 0.717) is 12.5 Å². The minimum atomic E-state index is -1.24. The highest BCUT2D eigenvalue weighted by atomic mass is 16.6. The van der Waals surface area contributed by atoms with Crippen molar-refractivity contribution in [3.05, 3.63) is 71.8 Å². The van der Waals surface area contributed by atoms with Crippen LogP contribution in [0.3, 0.4) is 0 Å². The van der Waals surface area contributed by atoms with E-state index in [1.165, 1.54) is 0 Å². The zero-order chi connectivity index (χ0) is 18.4. The lowest BCUT2D eigenvalue weighted by molar-refractivity contribution is -0.167. The van der Waals surface area contributed by atoms with Crippen LogP contribution in [0.1, 0.15) is 24.0 Å². The van der Waals surface area contributed by atoms with Crippen molar-refractivity contribution in [2.75, 3.05) is 33.9 Å². The van der Waals surface area contributed by atoms with Gasteiger partial charge in [0.2, 0.25) is 5.60 Å². The maximum Gasteiger partial charge on any atom is 0.347 e. The van der Waals surface area contributed by atoms with E-state index >= 15 is 0 Å². The molecule has 0 saturated carbocycles. The molecule has 0 bridgehead atoms. The molecule has 2 aromatic rings. The first kappa shape index (κ1) is 18.6. The summed E-state index contributed by atoms with van der Waals surface area (Å²) in [5, 5.41) is 0. The predicted molar refractivity (Wildman–Crippen MR) is 102 cm³/mol. The quantitative estimate of drug-likeness (QED) is 0.746. The number of likely N-dealkylation sites (tertiary alicyclic amines) is 1. The molecule has 1 aliphatic rings. The normalized spacial score (nSPS) is 16.4. The molecule has 26 heavy (non-hydrogen) atoms. The molecular formula is C22H27NO3. The first-order valence-electron chi connectivity index (χ1n) is 9.19. The molecule has 1 heterocycles. The van der Waals surface area contributed by atoms with Crippen molar-refractivity contribution in [3.63, 3.8) is 0 Å². The molecule has 0 spiro atoms. The van der Waals surface area contributed by atoms with Crippen LogP contribution in [-0.2, 0) is 19.9 Å². The summed E-state index contributed by atoms with van der Waals surface area (Å²) < 4.78 is 11.6. The molecule has 0 atom stereocenters. The molecule has 4 heteroatoms. The molecule has 1 fully saturated rings. The third kappa shape index (κ3) is 3.81. The summed E-state index contributed by atoms with van der Waals surface area (Å²) in [4.78, 5) is 15.6. The molecule has 0 aromatic heterocycles. The lowest BCUT2D eigenvalue weighted by Crippen LogP contribution is -2.42.